The lowest BCUT2D eigenvalue weighted by molar-refractivity contribution is 0.311. The Balaban J connectivity index is 2.27. The average molecular weight is 236 g/mol. The lowest BCUT2D eigenvalue weighted by Crippen LogP contribution is -2.44. The predicted octanol–water partition coefficient (Wildman–Crippen LogP) is 2.45. The van der Waals surface area contributed by atoms with Gasteiger partial charge in [-0.2, -0.15) is 0 Å². The minimum atomic E-state index is -0.0166. The minimum absolute atomic E-state index is 0.0166. The topological polar surface area (TPSA) is 6.48 Å². The SMILES string of the molecule is CCc1c(C)ccc(N2CCN(C)CC2)c1F. The predicted molar refractivity (Wildman–Crippen MR) is 70.2 cm³/mol. The van der Waals surface area contributed by atoms with Crippen molar-refractivity contribution in [2.24, 2.45) is 0 Å². The number of halogens is 1. The second kappa shape index (κ2) is 5.05. The first-order valence-electron chi connectivity index (χ1n) is 6.35. The minimum Gasteiger partial charge on any atom is -0.367 e. The number of hydrogen-bond donors (Lipinski definition) is 0. The van der Waals surface area contributed by atoms with Crippen LogP contribution in [0.3, 0.4) is 0 Å². The highest BCUT2D eigenvalue weighted by molar-refractivity contribution is 5.53. The summed E-state index contributed by atoms with van der Waals surface area (Å²) in [6, 6.07) is 3.96. The Morgan fingerprint density at radius 1 is 1.18 bits per heavy atom. The standard InChI is InChI=1S/C14H21FN2/c1-4-12-11(2)5-6-13(14(12)15)17-9-7-16(3)8-10-17/h5-6H,4,7-10H2,1-3H3. The van der Waals surface area contributed by atoms with Gasteiger partial charge in [0.05, 0.1) is 5.69 Å². The maximum atomic E-state index is 14.4. The molecule has 17 heavy (non-hydrogen) atoms. The van der Waals surface area contributed by atoms with Crippen LogP contribution in [0.1, 0.15) is 18.1 Å². The van der Waals surface area contributed by atoms with E-state index in [0.29, 0.717) is 0 Å². The molecule has 1 aliphatic rings. The molecule has 94 valence electrons. The van der Waals surface area contributed by atoms with Gasteiger partial charge in [-0.3, -0.25) is 0 Å². The molecule has 2 rings (SSSR count). The Kier molecular flexibility index (Phi) is 3.67. The number of nitrogens with zero attached hydrogens (tertiary/aromatic N) is 2. The lowest BCUT2D eigenvalue weighted by Gasteiger charge is -2.34. The van der Waals surface area contributed by atoms with Crippen molar-refractivity contribution >= 4 is 5.69 Å². The van der Waals surface area contributed by atoms with Crippen molar-refractivity contribution < 1.29 is 4.39 Å². The van der Waals surface area contributed by atoms with Crippen molar-refractivity contribution in [1.29, 1.82) is 0 Å². The lowest BCUT2D eigenvalue weighted by atomic mass is 10.0. The number of rotatable bonds is 2. The Labute approximate surface area is 103 Å². The number of anilines is 1. The van der Waals surface area contributed by atoms with Crippen molar-refractivity contribution in [3.05, 3.63) is 29.1 Å². The van der Waals surface area contributed by atoms with E-state index in [1.54, 1.807) is 0 Å². The maximum Gasteiger partial charge on any atom is 0.149 e. The van der Waals surface area contributed by atoms with E-state index in [1.807, 2.05) is 26.0 Å². The Hall–Kier alpha value is -1.09. The van der Waals surface area contributed by atoms with Crippen LogP contribution in [0.25, 0.3) is 0 Å². The third-order valence-electron chi connectivity index (χ3n) is 3.65. The van der Waals surface area contributed by atoms with Crippen molar-refractivity contribution in [1.82, 2.24) is 4.90 Å². The van der Waals surface area contributed by atoms with Crippen molar-refractivity contribution in [2.75, 3.05) is 38.1 Å². The summed E-state index contributed by atoms with van der Waals surface area (Å²) in [6.45, 7) is 7.84. The molecule has 0 aliphatic carbocycles. The summed E-state index contributed by atoms with van der Waals surface area (Å²) in [5.74, 6) is -0.0166. The van der Waals surface area contributed by atoms with Gasteiger partial charge in [-0.15, -0.1) is 0 Å². The van der Waals surface area contributed by atoms with E-state index in [2.05, 4.69) is 16.8 Å². The van der Waals surface area contributed by atoms with Crippen LogP contribution in [0.5, 0.6) is 0 Å². The zero-order valence-corrected chi connectivity index (χ0v) is 11.0. The number of likely N-dealkylation sites (N-methyl/N-ethyl adjacent to an activating group) is 1. The van der Waals surface area contributed by atoms with Gasteiger partial charge in [0.25, 0.3) is 0 Å². The van der Waals surface area contributed by atoms with Crippen LogP contribution in [0.4, 0.5) is 10.1 Å². The van der Waals surface area contributed by atoms with Gasteiger partial charge >= 0.3 is 0 Å². The van der Waals surface area contributed by atoms with Crippen LogP contribution in [-0.2, 0) is 6.42 Å². The molecule has 1 aliphatic heterocycles. The smallest absolute Gasteiger partial charge is 0.149 e. The molecule has 1 saturated heterocycles. The van der Waals surface area contributed by atoms with Crippen molar-refractivity contribution in [2.45, 2.75) is 20.3 Å². The second-order valence-corrected chi connectivity index (χ2v) is 4.84. The fraction of sp³-hybridized carbons (Fsp3) is 0.571. The van der Waals surface area contributed by atoms with E-state index in [9.17, 15) is 4.39 Å². The maximum absolute atomic E-state index is 14.4. The van der Waals surface area contributed by atoms with E-state index >= 15 is 0 Å². The van der Waals surface area contributed by atoms with E-state index in [4.69, 9.17) is 0 Å². The van der Waals surface area contributed by atoms with E-state index < -0.39 is 0 Å². The van der Waals surface area contributed by atoms with Crippen molar-refractivity contribution in [3.63, 3.8) is 0 Å². The highest BCUT2D eigenvalue weighted by atomic mass is 19.1. The highest BCUT2D eigenvalue weighted by Gasteiger charge is 2.19. The number of hydrogen-bond acceptors (Lipinski definition) is 2. The molecule has 0 unspecified atom stereocenters. The molecular weight excluding hydrogens is 215 g/mol. The van der Waals surface area contributed by atoms with E-state index in [1.165, 1.54) is 0 Å². The monoisotopic (exact) mass is 236 g/mol. The molecule has 1 aromatic rings. The van der Waals surface area contributed by atoms with Gasteiger partial charge in [-0.05, 0) is 37.6 Å². The highest BCUT2D eigenvalue weighted by Crippen LogP contribution is 2.26. The number of piperazine rings is 1. The molecule has 1 heterocycles. The molecule has 1 aromatic carbocycles. The van der Waals surface area contributed by atoms with Gasteiger partial charge in [0.15, 0.2) is 0 Å². The molecule has 0 radical (unpaired) electrons. The Morgan fingerprint density at radius 3 is 2.41 bits per heavy atom. The molecule has 0 spiro atoms. The van der Waals surface area contributed by atoms with Crippen LogP contribution < -0.4 is 4.90 Å². The first kappa shape index (κ1) is 12.4. The summed E-state index contributed by atoms with van der Waals surface area (Å²) < 4.78 is 14.4. The molecule has 1 fully saturated rings. The van der Waals surface area contributed by atoms with Gasteiger partial charge < -0.3 is 9.80 Å². The van der Waals surface area contributed by atoms with Crippen LogP contribution in [0.15, 0.2) is 12.1 Å². The molecule has 0 saturated carbocycles. The molecule has 0 N–H and O–H groups in total. The van der Waals surface area contributed by atoms with Gasteiger partial charge in [-0.1, -0.05) is 13.0 Å². The largest absolute Gasteiger partial charge is 0.367 e. The van der Waals surface area contributed by atoms with Gasteiger partial charge in [-0.25, -0.2) is 4.39 Å². The van der Waals surface area contributed by atoms with Gasteiger partial charge in [0.2, 0.25) is 0 Å². The molecular formula is C14H21FN2. The van der Waals surface area contributed by atoms with Crippen LogP contribution in [-0.4, -0.2) is 38.1 Å². The summed E-state index contributed by atoms with van der Waals surface area (Å²) in [7, 11) is 2.11. The Bertz CT molecular complexity index is 395. The molecule has 2 nitrogen and oxygen atoms in total. The quantitative estimate of drug-likeness (QED) is 0.778. The van der Waals surface area contributed by atoms with Gasteiger partial charge in [0, 0.05) is 26.2 Å². The van der Waals surface area contributed by atoms with Crippen LogP contribution in [0, 0.1) is 12.7 Å². The fourth-order valence-electron chi connectivity index (χ4n) is 2.43. The van der Waals surface area contributed by atoms with E-state index in [-0.39, 0.29) is 5.82 Å². The molecule has 0 aromatic heterocycles. The third kappa shape index (κ3) is 2.44. The molecule has 3 heteroatoms. The summed E-state index contributed by atoms with van der Waals surface area (Å²) in [5, 5.41) is 0. The zero-order chi connectivity index (χ0) is 12.4. The average Bonchev–Trinajstić information content (AvgIpc) is 2.31. The summed E-state index contributed by atoms with van der Waals surface area (Å²) in [6.07, 6.45) is 0.763. The molecule has 0 amide bonds. The summed E-state index contributed by atoms with van der Waals surface area (Å²) in [4.78, 5) is 4.44. The van der Waals surface area contributed by atoms with E-state index in [0.717, 1.165) is 49.4 Å². The zero-order valence-electron chi connectivity index (χ0n) is 11.0. The Morgan fingerprint density at radius 2 is 1.82 bits per heavy atom. The number of benzene rings is 1. The summed E-state index contributed by atoms with van der Waals surface area (Å²) >= 11 is 0. The first-order chi connectivity index (χ1) is 8.13. The van der Waals surface area contributed by atoms with Gasteiger partial charge in [0.1, 0.15) is 5.82 Å². The summed E-state index contributed by atoms with van der Waals surface area (Å²) in [5.41, 5.74) is 2.70. The normalized spacial score (nSPS) is 17.5. The molecule has 0 atom stereocenters. The second-order valence-electron chi connectivity index (χ2n) is 4.84. The van der Waals surface area contributed by atoms with Crippen molar-refractivity contribution in [3.8, 4) is 0 Å². The molecule has 0 bridgehead atoms. The first-order valence-corrected chi connectivity index (χ1v) is 6.35. The van der Waals surface area contributed by atoms with Crippen LogP contribution in [0.2, 0.25) is 0 Å². The number of aryl methyl sites for hydroxylation is 1. The third-order valence-corrected chi connectivity index (χ3v) is 3.65. The fourth-order valence-corrected chi connectivity index (χ4v) is 2.43. The van der Waals surface area contributed by atoms with Crippen LogP contribution >= 0.6 is 0 Å².